The molecule has 0 aliphatic rings. The van der Waals surface area contributed by atoms with Crippen LogP contribution < -0.4 is 5.32 Å². The van der Waals surface area contributed by atoms with Crippen LogP contribution in [0.1, 0.15) is 33.2 Å². The van der Waals surface area contributed by atoms with E-state index in [0.717, 1.165) is 0 Å². The zero-order chi connectivity index (χ0) is 12.3. The molecule has 3 N–H and O–H groups in total. The van der Waals surface area contributed by atoms with Crippen molar-refractivity contribution in [2.75, 3.05) is 11.9 Å². The molecule has 86 valence electrons. The summed E-state index contributed by atoms with van der Waals surface area (Å²) in [6, 6.07) is 2.90. The van der Waals surface area contributed by atoms with Crippen molar-refractivity contribution >= 4 is 17.6 Å². The predicted molar refractivity (Wildman–Crippen MR) is 59.3 cm³/mol. The Morgan fingerprint density at radius 3 is 2.31 bits per heavy atom. The summed E-state index contributed by atoms with van der Waals surface area (Å²) in [6.07, 6.45) is 0. The van der Waals surface area contributed by atoms with Gasteiger partial charge in [0.25, 0.3) is 0 Å². The maximum atomic E-state index is 11.1. The van der Waals surface area contributed by atoms with Crippen LogP contribution in [0.4, 0.5) is 5.69 Å². The third-order valence-corrected chi connectivity index (χ3v) is 2.21. The van der Waals surface area contributed by atoms with Crippen LogP contribution in [0.5, 0.6) is 0 Å². The standard InChI is InChI=1S/C11H13NO4/c1-3-12-9-7(10(13)14)5-4-6(2)8(9)11(15)16/h4-5,12H,3H2,1-2H3,(H,13,14)(H,15,16). The lowest BCUT2D eigenvalue weighted by atomic mass is 10.0. The van der Waals surface area contributed by atoms with Gasteiger partial charge in [-0.05, 0) is 25.5 Å². The molecular weight excluding hydrogens is 210 g/mol. The topological polar surface area (TPSA) is 86.6 Å². The molecule has 0 amide bonds. The molecule has 1 aromatic rings. The summed E-state index contributed by atoms with van der Waals surface area (Å²) in [7, 11) is 0. The van der Waals surface area contributed by atoms with Crippen molar-refractivity contribution in [1.29, 1.82) is 0 Å². The van der Waals surface area contributed by atoms with Crippen molar-refractivity contribution in [3.63, 3.8) is 0 Å². The number of aromatic carboxylic acids is 2. The van der Waals surface area contributed by atoms with E-state index < -0.39 is 11.9 Å². The Labute approximate surface area is 92.7 Å². The average molecular weight is 223 g/mol. The van der Waals surface area contributed by atoms with Crippen LogP contribution in [0.15, 0.2) is 12.1 Å². The van der Waals surface area contributed by atoms with Gasteiger partial charge in [0.05, 0.1) is 16.8 Å². The van der Waals surface area contributed by atoms with Crippen molar-refractivity contribution in [3.05, 3.63) is 28.8 Å². The summed E-state index contributed by atoms with van der Waals surface area (Å²) in [6.45, 7) is 3.87. The molecule has 0 aliphatic carbocycles. The fourth-order valence-corrected chi connectivity index (χ4v) is 1.52. The van der Waals surface area contributed by atoms with E-state index >= 15 is 0 Å². The van der Waals surface area contributed by atoms with Gasteiger partial charge in [-0.2, -0.15) is 0 Å². The Balaban J connectivity index is 3.49. The molecule has 0 unspecified atom stereocenters. The lowest BCUT2D eigenvalue weighted by Gasteiger charge is -2.13. The number of aryl methyl sites for hydroxylation is 1. The van der Waals surface area contributed by atoms with Gasteiger partial charge in [-0.25, -0.2) is 9.59 Å². The fourth-order valence-electron chi connectivity index (χ4n) is 1.52. The van der Waals surface area contributed by atoms with Gasteiger partial charge in [-0.3, -0.25) is 0 Å². The van der Waals surface area contributed by atoms with E-state index in [1.165, 1.54) is 12.1 Å². The summed E-state index contributed by atoms with van der Waals surface area (Å²) >= 11 is 0. The first-order chi connectivity index (χ1) is 7.49. The van der Waals surface area contributed by atoms with E-state index in [4.69, 9.17) is 10.2 Å². The molecular formula is C11H13NO4. The second kappa shape index (κ2) is 4.65. The zero-order valence-electron chi connectivity index (χ0n) is 9.07. The van der Waals surface area contributed by atoms with Gasteiger partial charge in [0.15, 0.2) is 0 Å². The zero-order valence-corrected chi connectivity index (χ0v) is 9.07. The first-order valence-electron chi connectivity index (χ1n) is 4.83. The SMILES string of the molecule is CCNc1c(C(=O)O)ccc(C)c1C(=O)O. The van der Waals surface area contributed by atoms with Gasteiger partial charge in [0, 0.05) is 6.54 Å². The highest BCUT2D eigenvalue weighted by atomic mass is 16.4. The van der Waals surface area contributed by atoms with E-state index in [-0.39, 0.29) is 16.8 Å². The normalized spacial score (nSPS) is 9.88. The van der Waals surface area contributed by atoms with Crippen LogP contribution in [-0.4, -0.2) is 28.7 Å². The maximum Gasteiger partial charge on any atom is 0.338 e. The number of benzene rings is 1. The molecule has 0 radical (unpaired) electrons. The van der Waals surface area contributed by atoms with E-state index in [9.17, 15) is 9.59 Å². The largest absolute Gasteiger partial charge is 0.478 e. The summed E-state index contributed by atoms with van der Waals surface area (Å²) in [5.74, 6) is -2.27. The number of hydrogen-bond donors (Lipinski definition) is 3. The fraction of sp³-hybridized carbons (Fsp3) is 0.273. The number of anilines is 1. The number of carboxylic acids is 2. The van der Waals surface area contributed by atoms with E-state index in [2.05, 4.69) is 5.32 Å². The molecule has 0 aromatic heterocycles. The Bertz CT molecular complexity index is 440. The molecule has 0 aliphatic heterocycles. The minimum atomic E-state index is -1.14. The highest BCUT2D eigenvalue weighted by Crippen LogP contribution is 2.24. The van der Waals surface area contributed by atoms with Crippen LogP contribution >= 0.6 is 0 Å². The van der Waals surface area contributed by atoms with Gasteiger partial charge >= 0.3 is 11.9 Å². The molecule has 0 saturated heterocycles. The Morgan fingerprint density at radius 1 is 1.25 bits per heavy atom. The van der Waals surface area contributed by atoms with Crippen molar-refractivity contribution < 1.29 is 19.8 Å². The monoisotopic (exact) mass is 223 g/mol. The maximum absolute atomic E-state index is 11.1. The van der Waals surface area contributed by atoms with Gasteiger partial charge in [0.2, 0.25) is 0 Å². The van der Waals surface area contributed by atoms with Gasteiger partial charge in [-0.1, -0.05) is 6.07 Å². The highest BCUT2D eigenvalue weighted by molar-refractivity contribution is 6.04. The highest BCUT2D eigenvalue weighted by Gasteiger charge is 2.19. The van der Waals surface area contributed by atoms with Crippen LogP contribution in [0.3, 0.4) is 0 Å². The number of rotatable bonds is 4. The molecule has 1 aromatic carbocycles. The van der Waals surface area contributed by atoms with Crippen molar-refractivity contribution in [3.8, 4) is 0 Å². The summed E-state index contributed by atoms with van der Waals surface area (Å²) in [5.41, 5.74) is 0.697. The van der Waals surface area contributed by atoms with Crippen LogP contribution in [-0.2, 0) is 0 Å². The van der Waals surface area contributed by atoms with Crippen LogP contribution in [0.25, 0.3) is 0 Å². The molecule has 16 heavy (non-hydrogen) atoms. The molecule has 0 fully saturated rings. The lowest BCUT2D eigenvalue weighted by molar-refractivity contribution is 0.0695. The Kier molecular flexibility index (Phi) is 3.50. The summed E-state index contributed by atoms with van der Waals surface area (Å²) < 4.78 is 0. The van der Waals surface area contributed by atoms with E-state index in [1.54, 1.807) is 13.8 Å². The van der Waals surface area contributed by atoms with E-state index in [1.807, 2.05) is 0 Å². The summed E-state index contributed by atoms with van der Waals surface area (Å²) in [4.78, 5) is 22.0. The van der Waals surface area contributed by atoms with Crippen molar-refractivity contribution in [2.45, 2.75) is 13.8 Å². The average Bonchev–Trinajstić information content (AvgIpc) is 2.17. The van der Waals surface area contributed by atoms with Gasteiger partial charge < -0.3 is 15.5 Å². The molecule has 1 rings (SSSR count). The molecule has 5 nitrogen and oxygen atoms in total. The second-order valence-corrected chi connectivity index (χ2v) is 3.32. The smallest absolute Gasteiger partial charge is 0.338 e. The molecule has 0 atom stereocenters. The van der Waals surface area contributed by atoms with Crippen LogP contribution in [0, 0.1) is 6.92 Å². The molecule has 0 saturated carbocycles. The van der Waals surface area contributed by atoms with Crippen molar-refractivity contribution in [1.82, 2.24) is 0 Å². The number of carboxylic acid groups (broad SMARTS) is 2. The quantitative estimate of drug-likeness (QED) is 0.724. The first-order valence-corrected chi connectivity index (χ1v) is 4.83. The number of hydrogen-bond acceptors (Lipinski definition) is 3. The van der Waals surface area contributed by atoms with Crippen molar-refractivity contribution in [2.24, 2.45) is 0 Å². The second-order valence-electron chi connectivity index (χ2n) is 3.32. The lowest BCUT2D eigenvalue weighted by Crippen LogP contribution is -2.13. The Hall–Kier alpha value is -2.04. The third-order valence-electron chi connectivity index (χ3n) is 2.21. The predicted octanol–water partition coefficient (Wildman–Crippen LogP) is 1.82. The van der Waals surface area contributed by atoms with Gasteiger partial charge in [0.1, 0.15) is 0 Å². The van der Waals surface area contributed by atoms with Gasteiger partial charge in [-0.15, -0.1) is 0 Å². The Morgan fingerprint density at radius 2 is 1.88 bits per heavy atom. The minimum absolute atomic E-state index is 0.0155. The van der Waals surface area contributed by atoms with E-state index in [0.29, 0.717) is 12.1 Å². The summed E-state index contributed by atoms with van der Waals surface area (Å²) in [5, 5.41) is 20.8. The number of nitrogens with one attached hydrogen (secondary N) is 1. The molecule has 5 heteroatoms. The van der Waals surface area contributed by atoms with Crippen LogP contribution in [0.2, 0.25) is 0 Å². The molecule has 0 bridgehead atoms. The third kappa shape index (κ3) is 2.13. The number of carbonyl (C=O) groups is 2. The minimum Gasteiger partial charge on any atom is -0.478 e. The molecule has 0 spiro atoms. The molecule has 0 heterocycles. The first kappa shape index (κ1) is 12.0.